The fourth-order valence-electron chi connectivity index (χ4n) is 2.38. The molecule has 0 spiro atoms. The predicted octanol–water partition coefficient (Wildman–Crippen LogP) is 1.29. The number of amides is 1. The summed E-state index contributed by atoms with van der Waals surface area (Å²) in [5, 5.41) is 3.41. The maximum atomic E-state index is 12.1. The van der Waals surface area contributed by atoms with Crippen LogP contribution in [0.25, 0.3) is 16.6 Å². The molecule has 108 valence electrons. The summed E-state index contributed by atoms with van der Waals surface area (Å²) >= 11 is 0. The van der Waals surface area contributed by atoms with Crippen molar-refractivity contribution in [2.24, 2.45) is 0 Å². The Morgan fingerprint density at radius 1 is 1.24 bits per heavy atom. The largest absolute Gasteiger partial charge is 0.365 e. The standard InChI is InChI=1S/C14H13N3O3S/c1-15-14(18)11-6-9-7-16-8-12(9)17(11)10-4-2-3-5-13(10)21(19)20/h2-8,16,21H,1H3,(H,15,18). The summed E-state index contributed by atoms with van der Waals surface area (Å²) in [5.74, 6) is -0.276. The number of nitrogens with one attached hydrogen (secondary N) is 2. The molecule has 0 saturated heterocycles. The van der Waals surface area contributed by atoms with Crippen molar-refractivity contribution in [2.45, 2.75) is 4.90 Å². The molecule has 3 aromatic rings. The van der Waals surface area contributed by atoms with Gasteiger partial charge in [0.25, 0.3) is 5.91 Å². The average Bonchev–Trinajstić information content (AvgIpc) is 3.06. The van der Waals surface area contributed by atoms with Crippen LogP contribution in [0, 0.1) is 0 Å². The van der Waals surface area contributed by atoms with Crippen LogP contribution in [0.15, 0.2) is 47.6 Å². The highest BCUT2D eigenvalue weighted by Gasteiger charge is 2.18. The summed E-state index contributed by atoms with van der Waals surface area (Å²) in [6.07, 6.45) is 3.49. The van der Waals surface area contributed by atoms with Gasteiger partial charge in [-0.1, -0.05) is 12.1 Å². The monoisotopic (exact) mass is 303 g/mol. The van der Waals surface area contributed by atoms with Crippen LogP contribution >= 0.6 is 0 Å². The van der Waals surface area contributed by atoms with E-state index in [2.05, 4.69) is 10.3 Å². The van der Waals surface area contributed by atoms with Crippen LogP contribution < -0.4 is 5.32 Å². The van der Waals surface area contributed by atoms with Crippen LogP contribution in [0.5, 0.6) is 0 Å². The van der Waals surface area contributed by atoms with Crippen LogP contribution in [0.1, 0.15) is 10.5 Å². The molecule has 0 unspecified atom stereocenters. The molecule has 0 aliphatic heterocycles. The molecular weight excluding hydrogens is 290 g/mol. The third-order valence-corrected chi connectivity index (χ3v) is 4.08. The number of benzene rings is 1. The van der Waals surface area contributed by atoms with E-state index in [4.69, 9.17) is 0 Å². The van der Waals surface area contributed by atoms with E-state index in [0.717, 1.165) is 10.9 Å². The van der Waals surface area contributed by atoms with Gasteiger partial charge in [0.15, 0.2) is 10.7 Å². The van der Waals surface area contributed by atoms with E-state index in [1.165, 1.54) is 13.1 Å². The van der Waals surface area contributed by atoms with Crippen LogP contribution in [-0.2, 0) is 10.7 Å². The number of aromatic nitrogens is 2. The van der Waals surface area contributed by atoms with E-state index >= 15 is 0 Å². The smallest absolute Gasteiger partial charge is 0.268 e. The van der Waals surface area contributed by atoms with Gasteiger partial charge in [0, 0.05) is 24.8 Å². The number of hydrogen-bond donors (Lipinski definition) is 3. The Kier molecular flexibility index (Phi) is 3.26. The molecule has 0 saturated carbocycles. The molecule has 0 bridgehead atoms. The highest BCUT2D eigenvalue weighted by Crippen LogP contribution is 2.27. The lowest BCUT2D eigenvalue weighted by Crippen LogP contribution is -2.21. The van der Waals surface area contributed by atoms with Crippen molar-refractivity contribution < 1.29 is 13.2 Å². The maximum absolute atomic E-state index is 12.1. The van der Waals surface area contributed by atoms with Crippen molar-refractivity contribution in [1.29, 1.82) is 0 Å². The fraction of sp³-hybridized carbons (Fsp3) is 0.0714. The Morgan fingerprint density at radius 2 is 2.00 bits per heavy atom. The van der Waals surface area contributed by atoms with E-state index in [1.54, 1.807) is 41.2 Å². The first-order chi connectivity index (χ1) is 10.1. The molecule has 0 fully saturated rings. The predicted molar refractivity (Wildman–Crippen MR) is 79.6 cm³/mol. The summed E-state index contributed by atoms with van der Waals surface area (Å²) in [6, 6.07) is 8.32. The van der Waals surface area contributed by atoms with Crippen molar-refractivity contribution in [1.82, 2.24) is 14.9 Å². The minimum atomic E-state index is -2.76. The number of nitrogens with zero attached hydrogens (tertiary/aromatic N) is 1. The van der Waals surface area contributed by atoms with Gasteiger partial charge in [-0.15, -0.1) is 0 Å². The van der Waals surface area contributed by atoms with Gasteiger partial charge >= 0.3 is 0 Å². The van der Waals surface area contributed by atoms with E-state index in [1.807, 2.05) is 0 Å². The van der Waals surface area contributed by atoms with Crippen molar-refractivity contribution in [3.05, 3.63) is 48.4 Å². The number of aromatic amines is 1. The lowest BCUT2D eigenvalue weighted by atomic mass is 10.3. The molecule has 2 aromatic heterocycles. The van der Waals surface area contributed by atoms with Gasteiger partial charge < -0.3 is 14.9 Å². The number of fused-ring (bicyclic) bond motifs is 1. The molecule has 0 aliphatic rings. The van der Waals surface area contributed by atoms with Gasteiger partial charge in [-0.05, 0) is 18.2 Å². The van der Waals surface area contributed by atoms with Crippen LogP contribution in [0.4, 0.5) is 0 Å². The maximum Gasteiger partial charge on any atom is 0.268 e. The summed E-state index contributed by atoms with van der Waals surface area (Å²) in [7, 11) is -1.22. The topological polar surface area (TPSA) is 84.0 Å². The first kappa shape index (κ1) is 13.4. The second-order valence-corrected chi connectivity index (χ2v) is 5.48. The fourth-order valence-corrected chi connectivity index (χ4v) is 2.95. The SMILES string of the molecule is CNC(=O)c1cc2c[nH]cc2n1-c1ccccc1[SH](=O)=O. The van der Waals surface area contributed by atoms with Crippen molar-refractivity contribution in [3.63, 3.8) is 0 Å². The first-order valence-corrected chi connectivity index (χ1v) is 7.45. The van der Waals surface area contributed by atoms with Gasteiger partial charge in [-0.2, -0.15) is 0 Å². The summed E-state index contributed by atoms with van der Waals surface area (Å²) < 4.78 is 24.6. The molecule has 0 aliphatic carbocycles. The molecule has 0 radical (unpaired) electrons. The number of hydrogen-bond acceptors (Lipinski definition) is 3. The van der Waals surface area contributed by atoms with E-state index in [0.29, 0.717) is 11.4 Å². The van der Waals surface area contributed by atoms with Gasteiger partial charge in [0.05, 0.1) is 16.1 Å². The minimum Gasteiger partial charge on any atom is -0.365 e. The molecule has 21 heavy (non-hydrogen) atoms. The third kappa shape index (κ3) is 2.11. The molecule has 1 amide bonds. The van der Waals surface area contributed by atoms with Crippen molar-refractivity contribution in [2.75, 3.05) is 7.05 Å². The Labute approximate surface area is 122 Å². The van der Waals surface area contributed by atoms with Crippen LogP contribution in [0.3, 0.4) is 0 Å². The average molecular weight is 303 g/mol. The molecule has 6 nitrogen and oxygen atoms in total. The molecule has 7 heteroatoms. The van der Waals surface area contributed by atoms with E-state index in [-0.39, 0.29) is 10.8 Å². The number of thiol groups is 1. The van der Waals surface area contributed by atoms with Crippen molar-refractivity contribution in [3.8, 4) is 5.69 Å². The lowest BCUT2D eigenvalue weighted by molar-refractivity contribution is 0.0956. The van der Waals surface area contributed by atoms with E-state index < -0.39 is 10.7 Å². The number of H-pyrrole nitrogens is 1. The molecular formula is C14H13N3O3S. The van der Waals surface area contributed by atoms with Crippen molar-refractivity contribution >= 4 is 27.5 Å². The summed E-state index contributed by atoms with van der Waals surface area (Å²) in [6.45, 7) is 0. The molecule has 1 aromatic carbocycles. The number of carbonyl (C=O) groups is 1. The van der Waals surface area contributed by atoms with E-state index in [9.17, 15) is 13.2 Å². The zero-order valence-electron chi connectivity index (χ0n) is 11.2. The van der Waals surface area contributed by atoms with Crippen LogP contribution in [0.2, 0.25) is 0 Å². The quantitative estimate of drug-likeness (QED) is 0.637. The van der Waals surface area contributed by atoms with Crippen LogP contribution in [-0.4, -0.2) is 30.9 Å². The zero-order chi connectivity index (χ0) is 15.0. The normalized spacial score (nSPS) is 11.1. The second kappa shape index (κ2) is 5.10. The Bertz CT molecular complexity index is 897. The molecule has 0 atom stereocenters. The summed E-state index contributed by atoms with van der Waals surface area (Å²) in [5.41, 5.74) is 1.60. The summed E-state index contributed by atoms with van der Waals surface area (Å²) in [4.78, 5) is 15.2. The minimum absolute atomic E-state index is 0.177. The number of carbonyl (C=O) groups excluding carboxylic acids is 1. The Balaban J connectivity index is 2.38. The number of rotatable bonds is 3. The second-order valence-electron chi connectivity index (χ2n) is 4.49. The Hall–Kier alpha value is -2.54. The number of para-hydroxylation sites is 1. The highest BCUT2D eigenvalue weighted by molar-refractivity contribution is 7.72. The first-order valence-electron chi connectivity index (χ1n) is 6.27. The third-order valence-electron chi connectivity index (χ3n) is 3.31. The van der Waals surface area contributed by atoms with Gasteiger partial charge in [-0.3, -0.25) is 4.79 Å². The molecule has 2 heterocycles. The Morgan fingerprint density at radius 3 is 2.71 bits per heavy atom. The molecule has 2 N–H and O–H groups in total. The molecule has 3 rings (SSSR count). The van der Waals surface area contributed by atoms with Gasteiger partial charge in [0.2, 0.25) is 0 Å². The lowest BCUT2D eigenvalue weighted by Gasteiger charge is -2.11. The van der Waals surface area contributed by atoms with Gasteiger partial charge in [-0.25, -0.2) is 8.42 Å². The van der Waals surface area contributed by atoms with Gasteiger partial charge in [0.1, 0.15) is 5.69 Å². The highest BCUT2D eigenvalue weighted by atomic mass is 32.2. The zero-order valence-corrected chi connectivity index (χ0v) is 12.1.